The number of nitrogens with zero attached hydrogens (tertiary/aromatic N) is 24. The summed E-state index contributed by atoms with van der Waals surface area (Å²) in [6.07, 6.45) is 28.5. The number of aliphatic hydroxyl groups is 4. The van der Waals surface area contributed by atoms with Crippen LogP contribution in [0.3, 0.4) is 0 Å². The number of ether oxygens (including phenoxy) is 4. The first-order chi connectivity index (χ1) is 67.1. The van der Waals surface area contributed by atoms with Gasteiger partial charge in [-0.15, -0.1) is 0 Å². The number of halogens is 4. The number of hydrogen-bond donors (Lipinski definition) is 4. The Kier molecular flexibility index (Phi) is 25.9. The summed E-state index contributed by atoms with van der Waals surface area (Å²) in [5, 5.41) is 43.4. The van der Waals surface area contributed by atoms with Crippen LogP contribution in [-0.2, 0) is 22.7 Å². The zero-order valence-corrected chi connectivity index (χ0v) is 78.7. The lowest BCUT2D eigenvalue weighted by Crippen LogP contribution is -2.36. The lowest BCUT2D eigenvalue weighted by Gasteiger charge is -2.36. The molecule has 0 radical (unpaired) electrons. The molecule has 0 amide bonds. The second-order valence-electron chi connectivity index (χ2n) is 39.3. The van der Waals surface area contributed by atoms with Crippen molar-refractivity contribution < 1.29 is 56.9 Å². The Balaban J connectivity index is 0.000000110. The van der Waals surface area contributed by atoms with Gasteiger partial charge in [0.1, 0.15) is 69.5 Å². The molecule has 12 fully saturated rings. The molecular weight excluding hydrogens is 1770 g/mol. The molecule has 12 aromatic heterocycles. The molecule has 0 unspecified atom stereocenters. The van der Waals surface area contributed by atoms with Crippen LogP contribution in [0.25, 0.3) is 43.6 Å². The maximum Gasteiger partial charge on any atom is 0.170 e. The van der Waals surface area contributed by atoms with E-state index in [-0.39, 0.29) is 47.7 Å². The third-order valence-electron chi connectivity index (χ3n) is 30.2. The van der Waals surface area contributed by atoms with Gasteiger partial charge in [-0.1, -0.05) is 0 Å². The highest BCUT2D eigenvalue weighted by Crippen LogP contribution is 2.53. The molecular formula is C102H120F4N24O8. The Morgan fingerprint density at radius 2 is 0.486 bits per heavy atom. The van der Waals surface area contributed by atoms with Crippen LogP contribution in [0.1, 0.15) is 211 Å². The molecule has 32 nitrogen and oxygen atoms in total. The van der Waals surface area contributed by atoms with Gasteiger partial charge < -0.3 is 78.6 Å². The topological polar surface area (TPSA) is 350 Å². The van der Waals surface area contributed by atoms with Crippen LogP contribution in [0.4, 0.5) is 64.1 Å². The minimum atomic E-state index is -1.44. The number of aromatic nitrogens is 16. The van der Waals surface area contributed by atoms with Gasteiger partial charge in [-0.3, -0.25) is 19.9 Å². The molecule has 8 saturated heterocycles. The van der Waals surface area contributed by atoms with Crippen molar-refractivity contribution in [2.45, 2.75) is 212 Å². The summed E-state index contributed by atoms with van der Waals surface area (Å²) < 4.78 is 83.0. The van der Waals surface area contributed by atoms with Crippen LogP contribution in [0, 0.1) is 0 Å². The number of pyridine rings is 8. The van der Waals surface area contributed by atoms with Crippen molar-refractivity contribution in [3.8, 4) is 23.0 Å². The Morgan fingerprint density at radius 1 is 0.275 bits per heavy atom. The van der Waals surface area contributed by atoms with E-state index < -0.39 is 22.7 Å². The first-order valence-electron chi connectivity index (χ1n) is 49.3. The van der Waals surface area contributed by atoms with E-state index in [9.17, 15) is 20.4 Å². The van der Waals surface area contributed by atoms with Gasteiger partial charge in [0.15, 0.2) is 46.0 Å². The predicted octanol–water partition coefficient (Wildman–Crippen LogP) is 14.1. The fraction of sp³-hybridized carbons (Fsp3) is 0.529. The van der Waals surface area contributed by atoms with E-state index in [4.69, 9.17) is 38.9 Å². The van der Waals surface area contributed by atoms with Gasteiger partial charge >= 0.3 is 0 Å². The molecule has 0 spiro atoms. The van der Waals surface area contributed by atoms with Gasteiger partial charge in [0, 0.05) is 175 Å². The van der Waals surface area contributed by atoms with Crippen LogP contribution >= 0.6 is 0 Å². The Hall–Kier alpha value is -12.3. The fourth-order valence-corrected chi connectivity index (χ4v) is 21.4. The smallest absolute Gasteiger partial charge is 0.170 e. The summed E-state index contributed by atoms with van der Waals surface area (Å²) in [4.78, 5) is 91.7. The van der Waals surface area contributed by atoms with E-state index >= 15 is 17.6 Å². The molecule has 8 aliphatic heterocycles. The summed E-state index contributed by atoms with van der Waals surface area (Å²) in [5.74, 6) is 12.0. The predicted molar refractivity (Wildman–Crippen MR) is 518 cm³/mol. The van der Waals surface area contributed by atoms with E-state index in [1.54, 1.807) is 53.2 Å². The molecule has 12 aromatic rings. The number of methoxy groups -OCH3 is 4. The lowest BCUT2D eigenvalue weighted by atomic mass is 9.81. The van der Waals surface area contributed by atoms with Gasteiger partial charge in [-0.25, -0.2) is 77.4 Å². The maximum absolute atomic E-state index is 15.4. The average molecular weight is 1890 g/mol. The number of piperidine rings is 4. The van der Waals surface area contributed by atoms with Gasteiger partial charge in [0.25, 0.3) is 0 Å². The van der Waals surface area contributed by atoms with Gasteiger partial charge in [-0.05, 0) is 214 Å². The summed E-state index contributed by atoms with van der Waals surface area (Å²) in [5.41, 5.74) is 0.953. The van der Waals surface area contributed by atoms with Crippen molar-refractivity contribution in [2.24, 2.45) is 0 Å². The zero-order valence-electron chi connectivity index (χ0n) is 78.7. The highest BCUT2D eigenvalue weighted by molar-refractivity contribution is 5.94. The number of hydrogen-bond acceptors (Lipinski definition) is 32. The number of aliphatic hydroxyl groups excluding tert-OH is 4. The number of alkyl halides is 4. The summed E-state index contributed by atoms with van der Waals surface area (Å²) in [6, 6.07) is 23.4. The zero-order chi connectivity index (χ0) is 94.6. The van der Waals surface area contributed by atoms with Crippen LogP contribution in [-0.4, -0.2) is 258 Å². The minimum Gasteiger partial charge on any atom is -0.495 e. The summed E-state index contributed by atoms with van der Waals surface area (Å²) >= 11 is 0. The number of rotatable bonds is 20. The van der Waals surface area contributed by atoms with Crippen LogP contribution < -0.4 is 58.1 Å². The third kappa shape index (κ3) is 18.9. The van der Waals surface area contributed by atoms with Crippen molar-refractivity contribution in [2.75, 3.05) is 172 Å². The monoisotopic (exact) mass is 1880 g/mol. The maximum atomic E-state index is 15.4. The highest BCUT2D eigenvalue weighted by Gasteiger charge is 2.51. The van der Waals surface area contributed by atoms with Crippen molar-refractivity contribution in [3.05, 3.63) is 168 Å². The molecule has 0 aromatic carbocycles. The number of β-amino-alcohol motifs (C(OH)–C–C–N with tert-alkyl or cyclic N) is 4. The second-order valence-corrected chi connectivity index (χ2v) is 39.3. The van der Waals surface area contributed by atoms with Crippen molar-refractivity contribution in [1.29, 1.82) is 0 Å². The Bertz CT molecular complexity index is 6020. The van der Waals surface area contributed by atoms with E-state index in [0.29, 0.717) is 123 Å². The molecule has 0 bridgehead atoms. The lowest BCUT2D eigenvalue weighted by molar-refractivity contribution is 0.0510. The quantitative estimate of drug-likeness (QED) is 0.0515. The van der Waals surface area contributed by atoms with Crippen LogP contribution in [0.15, 0.2) is 122 Å². The number of fused-ring (bicyclic) bond motifs is 4. The SMILES string of the molecule is COc1cccnc1C1CCN(c2nc(C3(F)CC3)nc3cnc(N4CC[C@@H](O)C4)cc23)CC1.COc1cccnc1C1CCN(c2nc(C3(F)CC3)nc3cnc(N4CC[C@H](O)C4)cc23)CC1.COc1cccnc1C1CCN(c2nc(C3(F)CCC3)nc3cnc(N4CC[C@@H](O)C4)cc23)CC1.COc1cccnc1C1CCN(c2nc(C3(F)CCC3)nc3cnc(N4CC[C@H](O)C4)cc23)CC1. The Labute approximate surface area is 798 Å². The first-order valence-corrected chi connectivity index (χ1v) is 49.3. The second kappa shape index (κ2) is 38.8. The molecule has 138 heavy (non-hydrogen) atoms. The van der Waals surface area contributed by atoms with Crippen molar-refractivity contribution in [1.82, 2.24) is 79.7 Å². The molecule has 4 aliphatic carbocycles. The highest BCUT2D eigenvalue weighted by atomic mass is 19.2. The van der Waals surface area contributed by atoms with Crippen LogP contribution in [0.5, 0.6) is 23.0 Å². The van der Waals surface area contributed by atoms with E-state index in [1.165, 1.54) is 0 Å². The average Bonchev–Trinajstić information content (AvgIpc) is 1.46. The minimum absolute atomic E-state index is 0.273. The van der Waals surface area contributed by atoms with Crippen molar-refractivity contribution >= 4 is 90.2 Å². The van der Waals surface area contributed by atoms with Gasteiger partial charge in [-0.2, -0.15) is 0 Å². The van der Waals surface area contributed by atoms with E-state index in [1.807, 2.05) is 97.6 Å². The molecule has 4 atom stereocenters. The Morgan fingerprint density at radius 3 is 0.667 bits per heavy atom. The molecule has 24 rings (SSSR count). The summed E-state index contributed by atoms with van der Waals surface area (Å²) in [7, 11) is 6.73. The van der Waals surface area contributed by atoms with Gasteiger partial charge in [0.05, 0.1) is 122 Å². The first kappa shape index (κ1) is 92.1. The molecule has 20 heterocycles. The van der Waals surface area contributed by atoms with E-state index in [2.05, 4.69) is 99.0 Å². The summed E-state index contributed by atoms with van der Waals surface area (Å²) in [6.45, 7) is 11.6. The third-order valence-corrected chi connectivity index (χ3v) is 30.2. The van der Waals surface area contributed by atoms with E-state index in [0.717, 1.165) is 282 Å². The normalized spacial score (nSPS) is 22.4. The van der Waals surface area contributed by atoms with Crippen molar-refractivity contribution in [3.63, 3.8) is 0 Å². The standard InChI is InChI=1S/2C26H31FN6O2.2C25H29FN6O2/c2*1-35-21-4-2-10-28-23(21)17-5-11-32(12-6-17)24-19-14-22(33-13-7-18(34)16-33)29-15-20(19)30-25(31-24)26(27)8-3-9-26;2*1-34-20-3-2-9-27-22(20)16-4-10-31(11-5-16)23-18-13-21(32-12-6-17(33)15-32)28-14-19(18)29-24(30-23)25(26)7-8-25/h2*2,4,10,14-15,17-18,34H,3,5-9,11-13,16H2,1H3;2*2-3,9,13-14,16-17,33H,4-8,10-12,15H2,1H3/t2*18-;2*17-/m1010/s1. The largest absolute Gasteiger partial charge is 0.495 e. The fourth-order valence-electron chi connectivity index (χ4n) is 21.4. The molecule has 36 heteroatoms. The molecule has 4 N–H and O–H groups in total. The molecule has 4 saturated carbocycles. The molecule has 724 valence electrons. The van der Waals surface area contributed by atoms with Gasteiger partial charge in [0.2, 0.25) is 0 Å². The molecule has 12 aliphatic rings. The van der Waals surface area contributed by atoms with Crippen LogP contribution in [0.2, 0.25) is 0 Å². The number of anilines is 8.